The molecule has 4 nitrogen and oxygen atoms in total. The Balaban J connectivity index is 2.44. The molecule has 0 aliphatic carbocycles. The van der Waals surface area contributed by atoms with Crippen molar-refractivity contribution in [3.63, 3.8) is 0 Å². The first-order chi connectivity index (χ1) is 7.02. The number of halogens is 1. The molecular weight excluding hydrogens is 199 g/mol. The molecule has 0 spiro atoms. The fraction of sp³-hybridized carbons (Fsp3) is 0.200. The molecule has 1 aliphatic heterocycles. The number of hydrogen-bond donors (Lipinski definition) is 1. The lowest BCUT2D eigenvalue weighted by Crippen LogP contribution is -2.32. The highest BCUT2D eigenvalue weighted by atomic mass is 19.1. The second-order valence-electron chi connectivity index (χ2n) is 3.40. The van der Waals surface area contributed by atoms with Gasteiger partial charge in [-0.25, -0.2) is 4.39 Å². The Hall–Kier alpha value is -1.91. The van der Waals surface area contributed by atoms with E-state index in [0.29, 0.717) is 5.56 Å². The molecule has 2 N–H and O–H groups in total. The second kappa shape index (κ2) is 3.05. The Labute approximate surface area is 85.6 Å². The van der Waals surface area contributed by atoms with E-state index >= 15 is 0 Å². The third-order valence-electron chi connectivity index (χ3n) is 2.30. The summed E-state index contributed by atoms with van der Waals surface area (Å²) in [5, 5.41) is 0. The van der Waals surface area contributed by atoms with Gasteiger partial charge >= 0.3 is 0 Å². The summed E-state index contributed by atoms with van der Waals surface area (Å²) in [7, 11) is 0. The maximum absolute atomic E-state index is 13.0. The normalized spacial score (nSPS) is 24.9. The van der Waals surface area contributed by atoms with Gasteiger partial charge in [0.05, 0.1) is 0 Å². The quantitative estimate of drug-likeness (QED) is 0.746. The molecule has 1 amide bonds. The van der Waals surface area contributed by atoms with Crippen molar-refractivity contribution < 1.29 is 13.9 Å². The van der Waals surface area contributed by atoms with E-state index < -0.39 is 17.3 Å². The third-order valence-corrected chi connectivity index (χ3v) is 2.30. The number of amidine groups is 1. The van der Waals surface area contributed by atoms with E-state index in [0.717, 1.165) is 0 Å². The summed E-state index contributed by atoms with van der Waals surface area (Å²) in [6.45, 7) is 1.51. The molecule has 0 saturated heterocycles. The number of hydrogen-bond acceptors (Lipinski definition) is 3. The van der Waals surface area contributed by atoms with Gasteiger partial charge in [0.15, 0.2) is 0 Å². The van der Waals surface area contributed by atoms with Crippen LogP contribution in [0.15, 0.2) is 29.3 Å². The summed E-state index contributed by atoms with van der Waals surface area (Å²) in [6, 6.07) is 5.42. The molecule has 1 aromatic carbocycles. The smallest absolute Gasteiger partial charge is 0.298 e. The zero-order valence-corrected chi connectivity index (χ0v) is 8.03. The molecular formula is C10H9FN2O2. The van der Waals surface area contributed by atoms with Crippen molar-refractivity contribution in [2.75, 3.05) is 0 Å². The number of nitrogens with zero attached hydrogens (tertiary/aromatic N) is 1. The molecule has 1 heterocycles. The molecule has 1 aromatic rings. The highest BCUT2D eigenvalue weighted by Gasteiger charge is 2.43. The summed E-state index contributed by atoms with van der Waals surface area (Å²) < 4.78 is 18.1. The second-order valence-corrected chi connectivity index (χ2v) is 3.40. The molecule has 5 heteroatoms. The SMILES string of the molecule is CC1(c2cccc(F)c2)OC(N)=NC1=O. The lowest BCUT2D eigenvalue weighted by Gasteiger charge is -2.21. The lowest BCUT2D eigenvalue weighted by molar-refractivity contribution is -0.130. The van der Waals surface area contributed by atoms with Gasteiger partial charge in [-0.15, -0.1) is 0 Å². The molecule has 1 unspecified atom stereocenters. The van der Waals surface area contributed by atoms with E-state index in [9.17, 15) is 9.18 Å². The number of benzene rings is 1. The monoisotopic (exact) mass is 208 g/mol. The van der Waals surface area contributed by atoms with Gasteiger partial charge in [0.2, 0.25) is 5.60 Å². The van der Waals surface area contributed by atoms with Crippen LogP contribution in [0, 0.1) is 5.82 Å². The third kappa shape index (κ3) is 1.45. The van der Waals surface area contributed by atoms with Gasteiger partial charge < -0.3 is 10.5 Å². The molecule has 0 saturated carbocycles. The van der Waals surface area contributed by atoms with Crippen LogP contribution in [-0.2, 0) is 15.1 Å². The maximum atomic E-state index is 13.0. The van der Waals surface area contributed by atoms with Gasteiger partial charge in [-0.05, 0) is 19.1 Å². The highest BCUT2D eigenvalue weighted by Crippen LogP contribution is 2.30. The average molecular weight is 208 g/mol. The molecule has 0 aromatic heterocycles. The molecule has 2 rings (SSSR count). The van der Waals surface area contributed by atoms with E-state index in [1.165, 1.54) is 25.1 Å². The van der Waals surface area contributed by atoms with E-state index in [-0.39, 0.29) is 6.02 Å². The van der Waals surface area contributed by atoms with E-state index in [1.807, 2.05) is 0 Å². The van der Waals surface area contributed by atoms with Gasteiger partial charge in [-0.3, -0.25) is 4.79 Å². The Morgan fingerprint density at radius 1 is 1.53 bits per heavy atom. The molecule has 0 bridgehead atoms. The molecule has 1 aliphatic rings. The number of amides is 1. The number of rotatable bonds is 1. The van der Waals surface area contributed by atoms with Crippen molar-refractivity contribution >= 4 is 11.9 Å². The number of ether oxygens (including phenoxy) is 1. The van der Waals surface area contributed by atoms with Gasteiger partial charge in [0.25, 0.3) is 11.9 Å². The zero-order valence-electron chi connectivity index (χ0n) is 8.03. The fourth-order valence-corrected chi connectivity index (χ4v) is 1.45. The Bertz CT molecular complexity index is 458. The van der Waals surface area contributed by atoms with Crippen molar-refractivity contribution in [2.45, 2.75) is 12.5 Å². The Morgan fingerprint density at radius 2 is 2.27 bits per heavy atom. The van der Waals surface area contributed by atoms with Gasteiger partial charge in [-0.1, -0.05) is 12.1 Å². The first kappa shape index (κ1) is 9.64. The average Bonchev–Trinajstić information content (AvgIpc) is 2.42. The van der Waals surface area contributed by atoms with Crippen LogP contribution < -0.4 is 5.73 Å². The van der Waals surface area contributed by atoms with Crippen molar-refractivity contribution in [3.8, 4) is 0 Å². The van der Waals surface area contributed by atoms with Crippen molar-refractivity contribution in [2.24, 2.45) is 10.7 Å². The predicted octanol–water partition coefficient (Wildman–Crippen LogP) is 0.912. The number of carbonyl (C=O) groups excluding carboxylic acids is 1. The van der Waals surface area contributed by atoms with Gasteiger partial charge in [-0.2, -0.15) is 4.99 Å². The zero-order chi connectivity index (χ0) is 11.1. The minimum atomic E-state index is -1.30. The van der Waals surface area contributed by atoms with Crippen LogP contribution in [0.5, 0.6) is 0 Å². The first-order valence-electron chi connectivity index (χ1n) is 4.36. The van der Waals surface area contributed by atoms with Gasteiger partial charge in [0.1, 0.15) is 5.82 Å². The molecule has 15 heavy (non-hydrogen) atoms. The van der Waals surface area contributed by atoms with Crippen LogP contribution in [-0.4, -0.2) is 11.9 Å². The van der Waals surface area contributed by atoms with Crippen LogP contribution in [0.3, 0.4) is 0 Å². The van der Waals surface area contributed by atoms with E-state index in [4.69, 9.17) is 10.5 Å². The van der Waals surface area contributed by atoms with Crippen molar-refractivity contribution in [1.29, 1.82) is 0 Å². The lowest BCUT2D eigenvalue weighted by atomic mass is 9.95. The number of nitrogens with two attached hydrogens (primary N) is 1. The summed E-state index contributed by atoms with van der Waals surface area (Å²) in [5.41, 5.74) is 4.39. The minimum absolute atomic E-state index is 0.188. The van der Waals surface area contributed by atoms with Crippen LogP contribution in [0.25, 0.3) is 0 Å². The van der Waals surface area contributed by atoms with Crippen LogP contribution in [0.2, 0.25) is 0 Å². The van der Waals surface area contributed by atoms with Crippen molar-refractivity contribution in [1.82, 2.24) is 0 Å². The molecule has 0 fully saturated rings. The molecule has 0 radical (unpaired) electrons. The summed E-state index contributed by atoms with van der Waals surface area (Å²) in [5.74, 6) is -0.957. The first-order valence-corrected chi connectivity index (χ1v) is 4.36. The Morgan fingerprint density at radius 3 is 2.80 bits per heavy atom. The number of aliphatic imine (C=N–C) groups is 1. The predicted molar refractivity (Wildman–Crippen MR) is 51.5 cm³/mol. The summed E-state index contributed by atoms with van der Waals surface area (Å²) in [4.78, 5) is 15.0. The van der Waals surface area contributed by atoms with Crippen LogP contribution in [0.1, 0.15) is 12.5 Å². The molecule has 78 valence electrons. The standard InChI is InChI=1S/C10H9FN2O2/c1-10(8(14)13-9(12)15-10)6-3-2-4-7(11)5-6/h2-5H,1H3,(H2,12,13,14). The fourth-order valence-electron chi connectivity index (χ4n) is 1.45. The van der Waals surface area contributed by atoms with Crippen molar-refractivity contribution in [3.05, 3.63) is 35.6 Å². The summed E-state index contributed by atoms with van der Waals surface area (Å²) in [6.07, 6.45) is 0. The molecule has 1 atom stereocenters. The minimum Gasteiger partial charge on any atom is -0.444 e. The maximum Gasteiger partial charge on any atom is 0.298 e. The van der Waals surface area contributed by atoms with Gasteiger partial charge in [0, 0.05) is 5.56 Å². The summed E-state index contributed by atoms with van der Waals surface area (Å²) >= 11 is 0. The number of carbonyl (C=O) groups is 1. The van der Waals surface area contributed by atoms with E-state index in [1.54, 1.807) is 6.07 Å². The Kier molecular flexibility index (Phi) is 1.96. The van der Waals surface area contributed by atoms with Crippen LogP contribution >= 0.6 is 0 Å². The highest BCUT2D eigenvalue weighted by molar-refractivity contribution is 6.01. The van der Waals surface area contributed by atoms with E-state index in [2.05, 4.69) is 4.99 Å². The largest absolute Gasteiger partial charge is 0.444 e. The topological polar surface area (TPSA) is 64.7 Å². The van der Waals surface area contributed by atoms with Crippen LogP contribution in [0.4, 0.5) is 4.39 Å².